The largest absolute Gasteiger partial charge is 0.325 e. The Labute approximate surface area is 168 Å². The third kappa shape index (κ3) is 4.25. The van der Waals surface area contributed by atoms with Crippen molar-refractivity contribution < 1.29 is 9.18 Å². The van der Waals surface area contributed by atoms with Crippen LogP contribution in [0.3, 0.4) is 0 Å². The van der Waals surface area contributed by atoms with E-state index in [1.54, 1.807) is 18.2 Å². The molecule has 2 aromatic carbocycles. The molecule has 1 heterocycles. The van der Waals surface area contributed by atoms with Crippen molar-refractivity contribution in [2.24, 2.45) is 0 Å². The maximum absolute atomic E-state index is 14.1. The van der Waals surface area contributed by atoms with Gasteiger partial charge in [-0.25, -0.2) is 4.39 Å². The SMILES string of the molecule is CCc1cccc(C)c1NC(=O)CSc1nnc(-c2ccccc2F)n1CC. The number of para-hydroxylation sites is 1. The van der Waals surface area contributed by atoms with Gasteiger partial charge in [-0.15, -0.1) is 10.2 Å². The van der Waals surface area contributed by atoms with Gasteiger partial charge >= 0.3 is 0 Å². The lowest BCUT2D eigenvalue weighted by atomic mass is 10.1. The van der Waals surface area contributed by atoms with Crippen LogP contribution in [0.1, 0.15) is 25.0 Å². The van der Waals surface area contributed by atoms with Crippen molar-refractivity contribution in [3.63, 3.8) is 0 Å². The molecule has 0 spiro atoms. The number of amides is 1. The number of anilines is 1. The molecule has 0 saturated carbocycles. The topological polar surface area (TPSA) is 59.8 Å². The third-order valence-electron chi connectivity index (χ3n) is 4.48. The summed E-state index contributed by atoms with van der Waals surface area (Å²) in [6, 6.07) is 12.5. The van der Waals surface area contributed by atoms with Crippen LogP contribution in [0.4, 0.5) is 10.1 Å². The Hall–Kier alpha value is -2.67. The number of hydrogen-bond acceptors (Lipinski definition) is 4. The van der Waals surface area contributed by atoms with Crippen LogP contribution < -0.4 is 5.32 Å². The van der Waals surface area contributed by atoms with Crippen molar-refractivity contribution in [2.75, 3.05) is 11.1 Å². The van der Waals surface area contributed by atoms with Gasteiger partial charge in [-0.1, -0.05) is 49.0 Å². The zero-order valence-corrected chi connectivity index (χ0v) is 17.0. The Morgan fingerprint density at radius 2 is 1.93 bits per heavy atom. The van der Waals surface area contributed by atoms with Crippen LogP contribution in [0, 0.1) is 12.7 Å². The van der Waals surface area contributed by atoms with E-state index >= 15 is 0 Å². The molecule has 0 bridgehead atoms. The smallest absolute Gasteiger partial charge is 0.234 e. The molecule has 3 aromatic rings. The summed E-state index contributed by atoms with van der Waals surface area (Å²) in [5, 5.41) is 11.9. The monoisotopic (exact) mass is 398 g/mol. The van der Waals surface area contributed by atoms with Crippen molar-refractivity contribution in [1.29, 1.82) is 0 Å². The zero-order valence-electron chi connectivity index (χ0n) is 16.2. The fourth-order valence-electron chi connectivity index (χ4n) is 3.03. The molecule has 0 aliphatic rings. The van der Waals surface area contributed by atoms with Gasteiger partial charge in [0.1, 0.15) is 5.82 Å². The van der Waals surface area contributed by atoms with Gasteiger partial charge in [0.2, 0.25) is 5.91 Å². The van der Waals surface area contributed by atoms with E-state index in [-0.39, 0.29) is 17.5 Å². The molecule has 146 valence electrons. The number of rotatable bonds is 7. The summed E-state index contributed by atoms with van der Waals surface area (Å²) < 4.78 is 15.9. The lowest BCUT2D eigenvalue weighted by Crippen LogP contribution is -2.16. The van der Waals surface area contributed by atoms with E-state index in [2.05, 4.69) is 22.4 Å². The number of carbonyl (C=O) groups excluding carboxylic acids is 1. The first kappa shape index (κ1) is 20.1. The van der Waals surface area contributed by atoms with E-state index < -0.39 is 0 Å². The maximum atomic E-state index is 14.1. The standard InChI is InChI=1S/C21H23FN4OS/c1-4-15-10-8-9-14(3)19(15)23-18(27)13-28-21-25-24-20(26(21)5-2)16-11-6-7-12-17(16)22/h6-12H,4-5,13H2,1-3H3,(H,23,27). The molecule has 1 aromatic heterocycles. The predicted octanol–water partition coefficient (Wildman–Crippen LogP) is 4.71. The normalized spacial score (nSPS) is 10.9. The van der Waals surface area contributed by atoms with Gasteiger partial charge in [0.25, 0.3) is 0 Å². The average molecular weight is 399 g/mol. The molecule has 7 heteroatoms. The van der Waals surface area contributed by atoms with Crippen LogP contribution in [-0.4, -0.2) is 26.4 Å². The Balaban J connectivity index is 1.74. The Morgan fingerprint density at radius 1 is 1.14 bits per heavy atom. The highest BCUT2D eigenvalue weighted by Gasteiger charge is 2.17. The van der Waals surface area contributed by atoms with E-state index in [1.165, 1.54) is 17.8 Å². The molecular formula is C21H23FN4OS. The van der Waals surface area contributed by atoms with Gasteiger partial charge in [0, 0.05) is 12.2 Å². The minimum atomic E-state index is -0.342. The van der Waals surface area contributed by atoms with E-state index in [4.69, 9.17) is 0 Å². The highest BCUT2D eigenvalue weighted by atomic mass is 32.2. The number of halogens is 1. The molecule has 1 amide bonds. The highest BCUT2D eigenvalue weighted by Crippen LogP contribution is 2.26. The van der Waals surface area contributed by atoms with Gasteiger partial charge < -0.3 is 9.88 Å². The molecule has 3 rings (SSSR count). The first-order valence-corrected chi connectivity index (χ1v) is 10.2. The first-order valence-electron chi connectivity index (χ1n) is 9.24. The number of benzene rings is 2. The van der Waals surface area contributed by atoms with Gasteiger partial charge in [0.15, 0.2) is 11.0 Å². The van der Waals surface area contributed by atoms with E-state index in [0.29, 0.717) is 23.1 Å². The van der Waals surface area contributed by atoms with Crippen molar-refractivity contribution in [1.82, 2.24) is 14.8 Å². The average Bonchev–Trinajstić information content (AvgIpc) is 3.11. The molecule has 0 unspecified atom stereocenters. The zero-order chi connectivity index (χ0) is 20.1. The van der Waals surface area contributed by atoms with Crippen LogP contribution >= 0.6 is 11.8 Å². The first-order chi connectivity index (χ1) is 13.5. The second kappa shape index (κ2) is 9.01. The molecule has 0 radical (unpaired) electrons. The molecular weight excluding hydrogens is 375 g/mol. The van der Waals surface area contributed by atoms with Crippen LogP contribution in [0.2, 0.25) is 0 Å². The Bertz CT molecular complexity index is 986. The summed E-state index contributed by atoms with van der Waals surface area (Å²) >= 11 is 1.29. The second-order valence-corrected chi connectivity index (χ2v) is 7.27. The molecule has 5 nitrogen and oxygen atoms in total. The molecule has 28 heavy (non-hydrogen) atoms. The summed E-state index contributed by atoms with van der Waals surface area (Å²) in [4.78, 5) is 12.5. The van der Waals surface area contributed by atoms with Crippen molar-refractivity contribution in [2.45, 2.75) is 38.9 Å². The number of nitrogens with zero attached hydrogens (tertiary/aromatic N) is 3. The van der Waals surface area contributed by atoms with E-state index in [1.807, 2.05) is 36.6 Å². The summed E-state index contributed by atoms with van der Waals surface area (Å²) in [7, 11) is 0. The van der Waals surface area contributed by atoms with Gasteiger partial charge in [-0.2, -0.15) is 0 Å². The molecule has 0 aliphatic heterocycles. The quantitative estimate of drug-likeness (QED) is 0.586. The maximum Gasteiger partial charge on any atom is 0.234 e. The molecule has 0 fully saturated rings. The second-order valence-electron chi connectivity index (χ2n) is 6.33. The third-order valence-corrected chi connectivity index (χ3v) is 5.45. The number of nitrogens with one attached hydrogen (secondary N) is 1. The molecule has 0 atom stereocenters. The summed E-state index contributed by atoms with van der Waals surface area (Å²) in [6.45, 7) is 6.57. The van der Waals surface area contributed by atoms with E-state index in [0.717, 1.165) is 23.2 Å². The number of hydrogen-bond donors (Lipinski definition) is 1. The van der Waals surface area contributed by atoms with Gasteiger partial charge in [-0.3, -0.25) is 4.79 Å². The van der Waals surface area contributed by atoms with Crippen LogP contribution in [-0.2, 0) is 17.8 Å². The van der Waals surface area contributed by atoms with Crippen LogP contribution in [0.25, 0.3) is 11.4 Å². The lowest BCUT2D eigenvalue weighted by molar-refractivity contribution is -0.113. The Morgan fingerprint density at radius 3 is 2.64 bits per heavy atom. The summed E-state index contributed by atoms with van der Waals surface area (Å²) in [6.07, 6.45) is 0.848. The summed E-state index contributed by atoms with van der Waals surface area (Å²) in [5.74, 6) is 0.223. The van der Waals surface area contributed by atoms with Crippen molar-refractivity contribution in [3.8, 4) is 11.4 Å². The molecule has 0 aliphatic carbocycles. The minimum absolute atomic E-state index is 0.105. The fourth-order valence-corrected chi connectivity index (χ4v) is 3.83. The minimum Gasteiger partial charge on any atom is -0.325 e. The summed E-state index contributed by atoms with van der Waals surface area (Å²) in [5.41, 5.74) is 3.42. The number of aryl methyl sites for hydroxylation is 2. The van der Waals surface area contributed by atoms with Crippen LogP contribution in [0.15, 0.2) is 47.6 Å². The van der Waals surface area contributed by atoms with Crippen molar-refractivity contribution >= 4 is 23.4 Å². The Kier molecular flexibility index (Phi) is 6.46. The van der Waals surface area contributed by atoms with E-state index in [9.17, 15) is 9.18 Å². The highest BCUT2D eigenvalue weighted by molar-refractivity contribution is 7.99. The molecule has 0 saturated heterocycles. The van der Waals surface area contributed by atoms with Gasteiger partial charge in [0.05, 0.1) is 11.3 Å². The fraction of sp³-hybridized carbons (Fsp3) is 0.286. The molecule has 1 N–H and O–H groups in total. The number of aromatic nitrogens is 3. The lowest BCUT2D eigenvalue weighted by Gasteiger charge is -2.13. The van der Waals surface area contributed by atoms with Crippen molar-refractivity contribution in [3.05, 3.63) is 59.4 Å². The predicted molar refractivity (Wildman–Crippen MR) is 111 cm³/mol. The van der Waals surface area contributed by atoms with Gasteiger partial charge in [-0.05, 0) is 43.5 Å². The number of thioether (sulfide) groups is 1. The van der Waals surface area contributed by atoms with Crippen LogP contribution in [0.5, 0.6) is 0 Å². The number of carbonyl (C=O) groups is 1.